The van der Waals surface area contributed by atoms with Crippen molar-refractivity contribution >= 4 is 11.8 Å². The third kappa shape index (κ3) is 3.09. The second kappa shape index (κ2) is 6.10. The third-order valence-corrected chi connectivity index (χ3v) is 2.86. The van der Waals surface area contributed by atoms with Crippen LogP contribution in [-0.2, 0) is 13.0 Å². The van der Waals surface area contributed by atoms with Crippen molar-refractivity contribution in [3.05, 3.63) is 53.2 Å². The van der Waals surface area contributed by atoms with E-state index in [0.29, 0.717) is 18.7 Å². The standard InChI is InChI=1S/C14H14FN3O2/c1-2-11-12(15)13(18-8-17-11)16-7-9-3-5-10(6-4-9)14(19)20/h3-6,8H,2,7H2,1H3,(H,19,20)(H,16,17,18). The van der Waals surface area contributed by atoms with Crippen LogP contribution in [0.25, 0.3) is 0 Å². The third-order valence-electron chi connectivity index (χ3n) is 2.86. The summed E-state index contributed by atoms with van der Waals surface area (Å²) >= 11 is 0. The predicted molar refractivity (Wildman–Crippen MR) is 72.1 cm³/mol. The van der Waals surface area contributed by atoms with E-state index in [-0.39, 0.29) is 11.4 Å². The van der Waals surface area contributed by atoms with E-state index in [1.807, 2.05) is 6.92 Å². The van der Waals surface area contributed by atoms with Crippen LogP contribution in [0.1, 0.15) is 28.5 Å². The van der Waals surface area contributed by atoms with Gasteiger partial charge >= 0.3 is 5.97 Å². The number of carboxylic acid groups (broad SMARTS) is 1. The number of nitrogens with zero attached hydrogens (tertiary/aromatic N) is 2. The summed E-state index contributed by atoms with van der Waals surface area (Å²) in [7, 11) is 0. The van der Waals surface area contributed by atoms with Crippen LogP contribution in [0.2, 0.25) is 0 Å². The minimum Gasteiger partial charge on any atom is -0.478 e. The molecule has 2 aromatic rings. The van der Waals surface area contributed by atoms with E-state index in [9.17, 15) is 9.18 Å². The van der Waals surface area contributed by atoms with Gasteiger partial charge < -0.3 is 10.4 Å². The zero-order chi connectivity index (χ0) is 14.5. The summed E-state index contributed by atoms with van der Waals surface area (Å²) in [6, 6.07) is 6.37. The Bertz CT molecular complexity index is 614. The van der Waals surface area contributed by atoms with Crippen molar-refractivity contribution < 1.29 is 14.3 Å². The number of aromatic carboxylic acids is 1. The molecular weight excluding hydrogens is 261 g/mol. The van der Waals surface area contributed by atoms with E-state index >= 15 is 0 Å². The fourth-order valence-electron chi connectivity index (χ4n) is 1.73. The molecule has 0 fully saturated rings. The molecular formula is C14H14FN3O2. The van der Waals surface area contributed by atoms with E-state index < -0.39 is 11.8 Å². The first kappa shape index (κ1) is 13.9. The summed E-state index contributed by atoms with van der Waals surface area (Å²) in [5, 5.41) is 11.7. The Balaban J connectivity index is 2.07. The molecule has 0 amide bonds. The Hall–Kier alpha value is -2.50. The first-order valence-corrected chi connectivity index (χ1v) is 6.17. The maximum absolute atomic E-state index is 13.9. The number of halogens is 1. The van der Waals surface area contributed by atoms with Gasteiger partial charge in [-0.25, -0.2) is 19.2 Å². The molecule has 0 unspecified atom stereocenters. The summed E-state index contributed by atoms with van der Waals surface area (Å²) in [5.41, 5.74) is 1.42. The normalized spacial score (nSPS) is 10.3. The summed E-state index contributed by atoms with van der Waals surface area (Å²) in [6.07, 6.45) is 1.81. The zero-order valence-corrected chi connectivity index (χ0v) is 10.9. The molecule has 1 aromatic heterocycles. The average Bonchev–Trinajstić information content (AvgIpc) is 2.46. The summed E-state index contributed by atoms with van der Waals surface area (Å²) < 4.78 is 13.9. The number of hydrogen-bond acceptors (Lipinski definition) is 4. The Kier molecular flexibility index (Phi) is 4.24. The second-order valence-corrected chi connectivity index (χ2v) is 4.19. The number of aromatic nitrogens is 2. The number of rotatable bonds is 5. The Morgan fingerprint density at radius 2 is 2.00 bits per heavy atom. The molecule has 0 saturated carbocycles. The average molecular weight is 275 g/mol. The lowest BCUT2D eigenvalue weighted by molar-refractivity contribution is 0.0697. The van der Waals surface area contributed by atoms with Gasteiger partial charge in [0.25, 0.3) is 0 Å². The fraction of sp³-hybridized carbons (Fsp3) is 0.214. The van der Waals surface area contributed by atoms with Crippen molar-refractivity contribution in [2.75, 3.05) is 5.32 Å². The monoisotopic (exact) mass is 275 g/mol. The zero-order valence-electron chi connectivity index (χ0n) is 10.9. The molecule has 1 heterocycles. The minimum absolute atomic E-state index is 0.152. The highest BCUT2D eigenvalue weighted by molar-refractivity contribution is 5.87. The van der Waals surface area contributed by atoms with Crippen molar-refractivity contribution in [2.45, 2.75) is 19.9 Å². The van der Waals surface area contributed by atoms with Crippen LogP contribution in [0.5, 0.6) is 0 Å². The number of hydrogen-bond donors (Lipinski definition) is 2. The number of nitrogens with one attached hydrogen (secondary N) is 1. The van der Waals surface area contributed by atoms with Crippen LogP contribution < -0.4 is 5.32 Å². The second-order valence-electron chi connectivity index (χ2n) is 4.19. The molecule has 5 nitrogen and oxygen atoms in total. The quantitative estimate of drug-likeness (QED) is 0.876. The van der Waals surface area contributed by atoms with Gasteiger partial charge in [0.15, 0.2) is 11.6 Å². The molecule has 20 heavy (non-hydrogen) atoms. The predicted octanol–water partition coefficient (Wildman–Crippen LogP) is 2.49. The maximum Gasteiger partial charge on any atom is 0.335 e. The van der Waals surface area contributed by atoms with E-state index in [4.69, 9.17) is 5.11 Å². The molecule has 104 valence electrons. The van der Waals surface area contributed by atoms with E-state index in [1.165, 1.54) is 18.5 Å². The molecule has 0 aliphatic rings. The highest BCUT2D eigenvalue weighted by Crippen LogP contribution is 2.14. The smallest absolute Gasteiger partial charge is 0.335 e. The van der Waals surface area contributed by atoms with Gasteiger partial charge in [0, 0.05) is 6.54 Å². The molecule has 0 atom stereocenters. The van der Waals surface area contributed by atoms with Gasteiger partial charge in [-0.1, -0.05) is 19.1 Å². The molecule has 0 spiro atoms. The lowest BCUT2D eigenvalue weighted by atomic mass is 10.1. The Morgan fingerprint density at radius 1 is 1.30 bits per heavy atom. The first-order valence-electron chi connectivity index (χ1n) is 6.17. The maximum atomic E-state index is 13.9. The van der Waals surface area contributed by atoms with Crippen molar-refractivity contribution in [2.24, 2.45) is 0 Å². The van der Waals surface area contributed by atoms with Crippen LogP contribution >= 0.6 is 0 Å². The number of benzene rings is 1. The molecule has 2 N–H and O–H groups in total. The van der Waals surface area contributed by atoms with Crippen LogP contribution in [-0.4, -0.2) is 21.0 Å². The number of anilines is 1. The van der Waals surface area contributed by atoms with E-state index in [2.05, 4.69) is 15.3 Å². The number of carbonyl (C=O) groups is 1. The van der Waals surface area contributed by atoms with Crippen LogP contribution in [0.15, 0.2) is 30.6 Å². The lowest BCUT2D eigenvalue weighted by Gasteiger charge is -2.08. The molecule has 0 bridgehead atoms. The highest BCUT2D eigenvalue weighted by atomic mass is 19.1. The van der Waals surface area contributed by atoms with Gasteiger partial charge in [0.2, 0.25) is 0 Å². The molecule has 6 heteroatoms. The Morgan fingerprint density at radius 3 is 2.60 bits per heavy atom. The van der Waals surface area contributed by atoms with Crippen LogP contribution in [0.3, 0.4) is 0 Å². The summed E-state index contributed by atoms with van der Waals surface area (Å²) in [6.45, 7) is 2.18. The molecule has 0 radical (unpaired) electrons. The van der Waals surface area contributed by atoms with Gasteiger partial charge in [-0.15, -0.1) is 0 Å². The summed E-state index contributed by atoms with van der Waals surface area (Å²) in [4.78, 5) is 18.4. The molecule has 2 rings (SSSR count). The number of carboxylic acids is 1. The van der Waals surface area contributed by atoms with Gasteiger partial charge in [0.1, 0.15) is 6.33 Å². The van der Waals surface area contributed by atoms with Crippen molar-refractivity contribution in [1.82, 2.24) is 9.97 Å². The van der Waals surface area contributed by atoms with Gasteiger partial charge in [-0.2, -0.15) is 0 Å². The fourth-order valence-corrected chi connectivity index (χ4v) is 1.73. The van der Waals surface area contributed by atoms with Crippen LogP contribution in [0.4, 0.5) is 10.2 Å². The largest absolute Gasteiger partial charge is 0.478 e. The van der Waals surface area contributed by atoms with Crippen molar-refractivity contribution in [3.8, 4) is 0 Å². The molecule has 0 aliphatic carbocycles. The van der Waals surface area contributed by atoms with Gasteiger partial charge in [0.05, 0.1) is 11.3 Å². The highest BCUT2D eigenvalue weighted by Gasteiger charge is 2.09. The van der Waals surface area contributed by atoms with Gasteiger partial charge in [-0.05, 0) is 24.1 Å². The molecule has 1 aromatic carbocycles. The molecule has 0 saturated heterocycles. The van der Waals surface area contributed by atoms with Crippen LogP contribution in [0, 0.1) is 5.82 Å². The first-order chi connectivity index (χ1) is 9.61. The Labute approximate surface area is 115 Å². The van der Waals surface area contributed by atoms with Crippen molar-refractivity contribution in [3.63, 3.8) is 0 Å². The summed E-state index contributed by atoms with van der Waals surface area (Å²) in [5.74, 6) is -1.27. The topological polar surface area (TPSA) is 75.1 Å². The SMILES string of the molecule is CCc1ncnc(NCc2ccc(C(=O)O)cc2)c1F. The lowest BCUT2D eigenvalue weighted by Crippen LogP contribution is -2.07. The van der Waals surface area contributed by atoms with Gasteiger partial charge in [-0.3, -0.25) is 0 Å². The van der Waals surface area contributed by atoms with E-state index in [1.54, 1.807) is 12.1 Å². The van der Waals surface area contributed by atoms with E-state index in [0.717, 1.165) is 5.56 Å². The molecule has 0 aliphatic heterocycles. The number of aryl methyl sites for hydroxylation is 1. The minimum atomic E-state index is -0.973. The van der Waals surface area contributed by atoms with Crippen molar-refractivity contribution in [1.29, 1.82) is 0 Å².